The van der Waals surface area contributed by atoms with Gasteiger partial charge in [0.05, 0.1) is 17.9 Å². The van der Waals surface area contributed by atoms with Gasteiger partial charge < -0.3 is 19.1 Å². The van der Waals surface area contributed by atoms with Crippen molar-refractivity contribution in [1.29, 1.82) is 0 Å². The van der Waals surface area contributed by atoms with Crippen LogP contribution < -0.4 is 9.64 Å². The predicted molar refractivity (Wildman–Crippen MR) is 90.2 cm³/mol. The monoisotopic (exact) mass is 344 g/mol. The highest BCUT2D eigenvalue weighted by molar-refractivity contribution is 6.10. The number of ether oxygens (including phenoxy) is 3. The van der Waals surface area contributed by atoms with Crippen LogP contribution in [0.4, 0.5) is 11.4 Å². The van der Waals surface area contributed by atoms with Crippen molar-refractivity contribution in [2.45, 2.75) is 38.5 Å². The maximum Gasteiger partial charge on any atom is 0.329 e. The molecule has 7 heteroatoms. The molecule has 0 aromatic heterocycles. The van der Waals surface area contributed by atoms with Crippen LogP contribution in [0.1, 0.15) is 26.7 Å². The number of esters is 2. The Morgan fingerprint density at radius 3 is 2.60 bits per heavy atom. The predicted octanol–water partition coefficient (Wildman–Crippen LogP) is 2.20. The van der Waals surface area contributed by atoms with Crippen molar-refractivity contribution >= 4 is 29.5 Å². The van der Waals surface area contributed by atoms with Gasteiger partial charge in [-0.25, -0.2) is 0 Å². The van der Waals surface area contributed by atoms with Crippen molar-refractivity contribution in [3.05, 3.63) is 18.2 Å². The van der Waals surface area contributed by atoms with Crippen LogP contribution in [0.3, 0.4) is 0 Å². The third-order valence-electron chi connectivity index (χ3n) is 4.40. The number of hydrogen-bond donors (Lipinski definition) is 0. The Kier molecular flexibility index (Phi) is 3.67. The average Bonchev–Trinajstić information content (AvgIpc) is 3.37. The quantitative estimate of drug-likeness (QED) is 0.475. The minimum Gasteiger partial charge on any atom is -0.489 e. The lowest BCUT2D eigenvalue weighted by Gasteiger charge is -2.31. The smallest absolute Gasteiger partial charge is 0.329 e. The van der Waals surface area contributed by atoms with E-state index >= 15 is 0 Å². The minimum absolute atomic E-state index is 0.613. The Balaban J connectivity index is 1.52. The Bertz CT molecular complexity index is 734. The Morgan fingerprint density at radius 2 is 1.92 bits per heavy atom. The molecule has 4 rings (SSSR count). The first-order valence-electron chi connectivity index (χ1n) is 8.46. The molecular weight excluding hydrogens is 324 g/mol. The standard InChI is InChI=1S/C18H20N2O5/c1-18(2)24-16(21)13(17(22)25-18)10-19-11-3-6-14-15(9-11)23-8-7-20(14)12-4-5-12/h3,6,9-10,12-13H,4-5,7-8H2,1-2H3. The Hall–Kier alpha value is -2.57. The number of rotatable bonds is 3. The van der Waals surface area contributed by atoms with Gasteiger partial charge in [-0.3, -0.25) is 14.6 Å². The van der Waals surface area contributed by atoms with Crippen molar-refractivity contribution in [3.63, 3.8) is 0 Å². The third-order valence-corrected chi connectivity index (χ3v) is 4.40. The molecule has 132 valence electrons. The summed E-state index contributed by atoms with van der Waals surface area (Å²) in [6.45, 7) is 4.58. The highest BCUT2D eigenvalue weighted by Crippen LogP contribution is 2.40. The molecule has 0 amide bonds. The van der Waals surface area contributed by atoms with Crippen LogP contribution >= 0.6 is 0 Å². The molecule has 0 unspecified atom stereocenters. The number of nitrogens with zero attached hydrogens (tertiary/aromatic N) is 2. The molecule has 1 saturated carbocycles. The van der Waals surface area contributed by atoms with Crippen molar-refractivity contribution in [2.24, 2.45) is 10.9 Å². The molecular formula is C18H20N2O5. The van der Waals surface area contributed by atoms with Gasteiger partial charge in [-0.1, -0.05) is 0 Å². The summed E-state index contributed by atoms with van der Waals surface area (Å²) < 4.78 is 15.9. The van der Waals surface area contributed by atoms with Crippen LogP contribution in [0.2, 0.25) is 0 Å². The fraction of sp³-hybridized carbons (Fsp3) is 0.500. The highest BCUT2D eigenvalue weighted by atomic mass is 16.7. The van der Waals surface area contributed by atoms with Gasteiger partial charge in [-0.2, -0.15) is 0 Å². The topological polar surface area (TPSA) is 77.4 Å². The second-order valence-corrected chi connectivity index (χ2v) is 6.92. The van der Waals surface area contributed by atoms with E-state index in [-0.39, 0.29) is 0 Å². The van der Waals surface area contributed by atoms with Crippen molar-refractivity contribution in [2.75, 3.05) is 18.1 Å². The van der Waals surface area contributed by atoms with E-state index in [9.17, 15) is 9.59 Å². The number of carbonyl (C=O) groups is 2. The fourth-order valence-corrected chi connectivity index (χ4v) is 3.09. The molecule has 0 spiro atoms. The largest absolute Gasteiger partial charge is 0.489 e. The summed E-state index contributed by atoms with van der Waals surface area (Å²) in [6, 6.07) is 6.26. The zero-order valence-electron chi connectivity index (χ0n) is 14.2. The molecule has 2 heterocycles. The van der Waals surface area contributed by atoms with Crippen LogP contribution in [-0.2, 0) is 19.1 Å². The Labute approximate surface area is 145 Å². The molecule has 1 aliphatic carbocycles. The van der Waals surface area contributed by atoms with E-state index in [0.29, 0.717) is 18.3 Å². The number of hydrogen-bond acceptors (Lipinski definition) is 7. The molecule has 0 bridgehead atoms. The van der Waals surface area contributed by atoms with E-state index in [0.717, 1.165) is 18.0 Å². The van der Waals surface area contributed by atoms with Crippen LogP contribution in [-0.4, -0.2) is 43.1 Å². The summed E-state index contributed by atoms with van der Waals surface area (Å²) in [5, 5.41) is 0. The van der Waals surface area contributed by atoms with Gasteiger partial charge in [0.1, 0.15) is 12.4 Å². The van der Waals surface area contributed by atoms with Crippen molar-refractivity contribution in [3.8, 4) is 5.75 Å². The molecule has 0 atom stereocenters. The lowest BCUT2D eigenvalue weighted by molar-refractivity contribution is -0.235. The molecule has 0 N–H and O–H groups in total. The first-order chi connectivity index (χ1) is 11.9. The number of fused-ring (bicyclic) bond motifs is 1. The maximum absolute atomic E-state index is 12.0. The average molecular weight is 344 g/mol. The number of benzene rings is 1. The van der Waals surface area contributed by atoms with Crippen LogP contribution in [0, 0.1) is 5.92 Å². The molecule has 3 aliphatic rings. The summed E-state index contributed by atoms with van der Waals surface area (Å²) in [5.41, 5.74) is 1.69. The van der Waals surface area contributed by atoms with E-state index in [2.05, 4.69) is 9.89 Å². The first kappa shape index (κ1) is 15.9. The second kappa shape index (κ2) is 5.75. The SMILES string of the molecule is CC1(C)OC(=O)C(C=Nc2ccc3c(c2)OCCN3C2CC2)C(=O)O1. The van der Waals surface area contributed by atoms with E-state index in [1.54, 1.807) is 0 Å². The molecule has 2 aliphatic heterocycles. The molecule has 2 fully saturated rings. The van der Waals surface area contributed by atoms with E-state index in [4.69, 9.17) is 14.2 Å². The number of carbonyl (C=O) groups excluding carboxylic acids is 2. The second-order valence-electron chi connectivity index (χ2n) is 6.92. The van der Waals surface area contributed by atoms with E-state index in [1.807, 2.05) is 18.2 Å². The van der Waals surface area contributed by atoms with Gasteiger partial charge in [0, 0.05) is 32.2 Å². The van der Waals surface area contributed by atoms with Gasteiger partial charge in [-0.05, 0) is 25.0 Å². The zero-order chi connectivity index (χ0) is 17.6. The number of cyclic esters (lactones) is 2. The normalized spacial score (nSPS) is 23.0. The van der Waals surface area contributed by atoms with Gasteiger partial charge >= 0.3 is 11.9 Å². The summed E-state index contributed by atoms with van der Waals surface area (Å²) >= 11 is 0. The minimum atomic E-state index is -1.23. The Morgan fingerprint density at radius 1 is 1.20 bits per heavy atom. The van der Waals surface area contributed by atoms with E-state index < -0.39 is 23.6 Å². The third kappa shape index (κ3) is 3.18. The summed E-state index contributed by atoms with van der Waals surface area (Å²) in [5.74, 6) is -2.90. The summed E-state index contributed by atoms with van der Waals surface area (Å²) in [4.78, 5) is 30.5. The van der Waals surface area contributed by atoms with Crippen molar-refractivity contribution in [1.82, 2.24) is 0 Å². The molecule has 7 nitrogen and oxygen atoms in total. The zero-order valence-corrected chi connectivity index (χ0v) is 14.2. The lowest BCUT2D eigenvalue weighted by Crippen LogP contribution is -2.46. The number of anilines is 1. The summed E-state index contributed by atoms with van der Waals surface area (Å²) in [7, 11) is 0. The van der Waals surface area contributed by atoms with Gasteiger partial charge in [0.2, 0.25) is 0 Å². The molecule has 0 radical (unpaired) electrons. The first-order valence-corrected chi connectivity index (χ1v) is 8.46. The van der Waals surface area contributed by atoms with Crippen LogP contribution in [0.25, 0.3) is 0 Å². The fourth-order valence-electron chi connectivity index (χ4n) is 3.09. The van der Waals surface area contributed by atoms with Gasteiger partial charge in [0.25, 0.3) is 5.79 Å². The van der Waals surface area contributed by atoms with Gasteiger partial charge in [-0.15, -0.1) is 0 Å². The summed E-state index contributed by atoms with van der Waals surface area (Å²) in [6.07, 6.45) is 3.71. The van der Waals surface area contributed by atoms with E-state index in [1.165, 1.54) is 32.9 Å². The molecule has 1 saturated heterocycles. The molecule has 1 aromatic rings. The van der Waals surface area contributed by atoms with Crippen LogP contribution in [0.15, 0.2) is 23.2 Å². The van der Waals surface area contributed by atoms with Gasteiger partial charge in [0.15, 0.2) is 5.92 Å². The molecule has 1 aromatic carbocycles. The number of aliphatic imine (C=N–C) groups is 1. The molecule has 25 heavy (non-hydrogen) atoms. The maximum atomic E-state index is 12.0. The highest BCUT2D eigenvalue weighted by Gasteiger charge is 2.42. The van der Waals surface area contributed by atoms with Crippen LogP contribution in [0.5, 0.6) is 5.75 Å². The van der Waals surface area contributed by atoms with Crippen molar-refractivity contribution < 1.29 is 23.8 Å². The lowest BCUT2D eigenvalue weighted by atomic mass is 10.1.